The molecule has 1 aliphatic heterocycles. The molecule has 0 bridgehead atoms. The van der Waals surface area contributed by atoms with E-state index in [0.717, 1.165) is 66.6 Å². The number of anilines is 1. The molecule has 210 valence electrons. The largest absolute Gasteiger partial charge is 0.324 e. The van der Waals surface area contributed by atoms with Crippen LogP contribution >= 0.6 is 23.4 Å². The molecule has 9 heteroatoms. The molecule has 0 spiro atoms. The molecule has 1 fully saturated rings. The van der Waals surface area contributed by atoms with Crippen molar-refractivity contribution >= 4 is 46.0 Å². The van der Waals surface area contributed by atoms with Crippen molar-refractivity contribution in [3.63, 3.8) is 0 Å². The minimum atomic E-state index is -0.357. The van der Waals surface area contributed by atoms with E-state index < -0.39 is 0 Å². The van der Waals surface area contributed by atoms with Crippen LogP contribution in [0.5, 0.6) is 0 Å². The molecule has 4 aromatic rings. The SMILES string of the molecule is Cc1ccc(NC(=O)C(C)Sc2nc3ccccc3n2CCN2CCN(C(C)c3ccc(F)cc3)CC2)c(Cl)c1. The summed E-state index contributed by atoms with van der Waals surface area (Å²) in [6, 6.07) is 20.8. The summed E-state index contributed by atoms with van der Waals surface area (Å²) in [6.07, 6.45) is 0. The molecule has 3 aromatic carbocycles. The third kappa shape index (κ3) is 6.69. The third-order valence-electron chi connectivity index (χ3n) is 7.60. The summed E-state index contributed by atoms with van der Waals surface area (Å²) < 4.78 is 15.6. The van der Waals surface area contributed by atoms with Crippen molar-refractivity contribution in [3.8, 4) is 0 Å². The van der Waals surface area contributed by atoms with Gasteiger partial charge in [0.05, 0.1) is 27.0 Å². The highest BCUT2D eigenvalue weighted by molar-refractivity contribution is 8.00. The number of benzene rings is 3. The summed E-state index contributed by atoms with van der Waals surface area (Å²) in [7, 11) is 0. The van der Waals surface area contributed by atoms with E-state index in [9.17, 15) is 9.18 Å². The second-order valence-corrected chi connectivity index (χ2v) is 12.1. The quantitative estimate of drug-likeness (QED) is 0.225. The predicted octanol–water partition coefficient (Wildman–Crippen LogP) is 6.64. The normalized spacial score (nSPS) is 16.2. The Kier molecular flexibility index (Phi) is 9.10. The molecule has 0 saturated carbocycles. The van der Waals surface area contributed by atoms with Gasteiger partial charge in [0.1, 0.15) is 5.82 Å². The zero-order valence-corrected chi connectivity index (χ0v) is 24.7. The van der Waals surface area contributed by atoms with Crippen molar-refractivity contribution in [1.82, 2.24) is 19.4 Å². The Balaban J connectivity index is 1.21. The fraction of sp³-hybridized carbons (Fsp3) is 0.355. The Morgan fingerprint density at radius 2 is 1.75 bits per heavy atom. The second-order valence-electron chi connectivity index (χ2n) is 10.4. The molecule has 2 atom stereocenters. The number of fused-ring (bicyclic) bond motifs is 1. The number of hydrogen-bond donors (Lipinski definition) is 1. The van der Waals surface area contributed by atoms with Crippen molar-refractivity contribution in [3.05, 3.63) is 88.7 Å². The number of aryl methyl sites for hydroxylation is 1. The molecule has 1 amide bonds. The molecule has 2 unspecified atom stereocenters. The Hall–Kier alpha value is -2.91. The lowest BCUT2D eigenvalue weighted by molar-refractivity contribution is -0.115. The van der Waals surface area contributed by atoms with E-state index in [0.29, 0.717) is 10.7 Å². The minimum absolute atomic E-state index is 0.110. The number of amides is 1. The van der Waals surface area contributed by atoms with Gasteiger partial charge in [-0.15, -0.1) is 0 Å². The molecule has 40 heavy (non-hydrogen) atoms. The maximum Gasteiger partial charge on any atom is 0.237 e. The van der Waals surface area contributed by atoms with E-state index in [1.54, 1.807) is 0 Å². The van der Waals surface area contributed by atoms with E-state index in [1.165, 1.54) is 23.9 Å². The third-order valence-corrected chi connectivity index (χ3v) is 9.00. The minimum Gasteiger partial charge on any atom is -0.324 e. The first-order valence-corrected chi connectivity index (χ1v) is 14.9. The molecule has 6 nitrogen and oxygen atoms in total. The summed E-state index contributed by atoms with van der Waals surface area (Å²) in [5.74, 6) is -0.309. The number of imidazole rings is 1. The highest BCUT2D eigenvalue weighted by Gasteiger charge is 2.24. The maximum atomic E-state index is 13.3. The average Bonchev–Trinajstić information content (AvgIpc) is 3.30. The van der Waals surface area contributed by atoms with Crippen molar-refractivity contribution in [2.24, 2.45) is 0 Å². The van der Waals surface area contributed by atoms with Crippen molar-refractivity contribution in [1.29, 1.82) is 0 Å². The van der Waals surface area contributed by atoms with Gasteiger partial charge in [-0.2, -0.15) is 0 Å². The molecular weight excluding hydrogens is 545 g/mol. The van der Waals surface area contributed by atoms with Crippen LogP contribution in [0.2, 0.25) is 5.02 Å². The summed E-state index contributed by atoms with van der Waals surface area (Å²) in [6.45, 7) is 11.6. The zero-order valence-electron chi connectivity index (χ0n) is 23.1. The van der Waals surface area contributed by atoms with Gasteiger partial charge in [-0.25, -0.2) is 9.37 Å². The van der Waals surface area contributed by atoms with E-state index >= 15 is 0 Å². The summed E-state index contributed by atoms with van der Waals surface area (Å²) >= 11 is 7.80. The van der Waals surface area contributed by atoms with E-state index in [1.807, 2.05) is 62.4 Å². The van der Waals surface area contributed by atoms with E-state index in [-0.39, 0.29) is 23.0 Å². The number of para-hydroxylation sites is 2. The van der Waals surface area contributed by atoms with Crippen LogP contribution in [0.25, 0.3) is 11.0 Å². The molecule has 5 rings (SSSR count). The van der Waals surface area contributed by atoms with Crippen LogP contribution in [0, 0.1) is 12.7 Å². The second kappa shape index (κ2) is 12.7. The van der Waals surface area contributed by atoms with E-state index in [4.69, 9.17) is 16.6 Å². The van der Waals surface area contributed by atoms with Crippen LogP contribution in [0.1, 0.15) is 31.0 Å². The standard InChI is InChI=1S/C31H35ClFN5OS/c1-21-8-13-27(26(32)20-21)34-30(39)23(3)40-31-35-28-6-4-5-7-29(28)38(31)19-16-36-14-17-37(18-15-36)22(2)24-9-11-25(33)12-10-24/h4-13,20,22-23H,14-19H2,1-3H3,(H,34,39). The summed E-state index contributed by atoms with van der Waals surface area (Å²) in [5.41, 5.74) is 4.80. The monoisotopic (exact) mass is 579 g/mol. The van der Waals surface area contributed by atoms with Gasteiger partial charge >= 0.3 is 0 Å². The van der Waals surface area contributed by atoms with Crippen LogP contribution in [0.15, 0.2) is 71.9 Å². The number of nitrogens with zero attached hydrogens (tertiary/aromatic N) is 4. The number of carbonyl (C=O) groups excluding carboxylic acids is 1. The number of carbonyl (C=O) groups is 1. The van der Waals surface area contributed by atoms with Crippen LogP contribution in [-0.2, 0) is 11.3 Å². The van der Waals surface area contributed by atoms with Gasteiger partial charge < -0.3 is 9.88 Å². The van der Waals surface area contributed by atoms with Crippen molar-refractivity contribution in [2.45, 2.75) is 43.8 Å². The van der Waals surface area contributed by atoms with Gasteiger partial charge in [0.25, 0.3) is 0 Å². The van der Waals surface area contributed by atoms with Gasteiger partial charge in [0.2, 0.25) is 5.91 Å². The van der Waals surface area contributed by atoms with Gasteiger partial charge in [0.15, 0.2) is 5.16 Å². The first kappa shape index (κ1) is 28.6. The van der Waals surface area contributed by atoms with Gasteiger partial charge in [-0.05, 0) is 68.3 Å². The molecule has 1 aromatic heterocycles. The molecule has 1 saturated heterocycles. The zero-order chi connectivity index (χ0) is 28.2. The number of nitrogens with one attached hydrogen (secondary N) is 1. The van der Waals surface area contributed by atoms with Crippen LogP contribution < -0.4 is 5.32 Å². The first-order chi connectivity index (χ1) is 19.3. The van der Waals surface area contributed by atoms with Gasteiger partial charge in [-0.1, -0.05) is 53.7 Å². The van der Waals surface area contributed by atoms with Crippen LogP contribution in [0.4, 0.5) is 10.1 Å². The molecule has 1 N–H and O–H groups in total. The van der Waals surface area contributed by atoms with Crippen LogP contribution in [0.3, 0.4) is 0 Å². The molecular formula is C31H35ClFN5OS. The number of rotatable bonds is 9. The van der Waals surface area contributed by atoms with Crippen molar-refractivity contribution < 1.29 is 9.18 Å². The summed E-state index contributed by atoms with van der Waals surface area (Å²) in [4.78, 5) is 22.8. The topological polar surface area (TPSA) is 53.4 Å². The first-order valence-electron chi connectivity index (χ1n) is 13.7. The fourth-order valence-electron chi connectivity index (χ4n) is 5.09. The number of thioether (sulfide) groups is 1. The highest BCUT2D eigenvalue weighted by Crippen LogP contribution is 2.30. The number of halogens is 2. The van der Waals surface area contributed by atoms with E-state index in [2.05, 4.69) is 32.7 Å². The Morgan fingerprint density at radius 3 is 2.48 bits per heavy atom. The smallest absolute Gasteiger partial charge is 0.237 e. The van der Waals surface area contributed by atoms with Crippen LogP contribution in [-0.4, -0.2) is 63.2 Å². The van der Waals surface area contributed by atoms with Crippen molar-refractivity contribution in [2.75, 3.05) is 38.0 Å². The number of hydrogen-bond acceptors (Lipinski definition) is 5. The Morgan fingerprint density at radius 1 is 1.02 bits per heavy atom. The molecule has 1 aliphatic rings. The van der Waals surface area contributed by atoms with Gasteiger partial charge in [-0.3, -0.25) is 14.6 Å². The summed E-state index contributed by atoms with van der Waals surface area (Å²) in [5, 5.41) is 3.97. The predicted molar refractivity (Wildman–Crippen MR) is 163 cm³/mol. The fourth-order valence-corrected chi connectivity index (χ4v) is 6.33. The Bertz CT molecular complexity index is 1470. The molecule has 0 aliphatic carbocycles. The lowest BCUT2D eigenvalue weighted by Crippen LogP contribution is -2.47. The number of piperazine rings is 1. The molecule has 0 radical (unpaired) electrons. The lowest BCUT2D eigenvalue weighted by atomic mass is 10.1. The lowest BCUT2D eigenvalue weighted by Gasteiger charge is -2.38. The Labute approximate surface area is 244 Å². The highest BCUT2D eigenvalue weighted by atomic mass is 35.5. The average molecular weight is 580 g/mol. The van der Waals surface area contributed by atoms with Gasteiger partial charge in [0, 0.05) is 45.3 Å². The maximum absolute atomic E-state index is 13.3. The number of aromatic nitrogens is 2. The molecule has 2 heterocycles.